The van der Waals surface area contributed by atoms with Crippen LogP contribution < -0.4 is 10.1 Å². The van der Waals surface area contributed by atoms with Crippen LogP contribution in [-0.2, 0) is 7.05 Å². The van der Waals surface area contributed by atoms with Gasteiger partial charge in [0, 0.05) is 18.0 Å². The quantitative estimate of drug-likeness (QED) is 0.708. The number of ether oxygens (including phenoxy) is 1. The molecule has 0 bridgehead atoms. The fourth-order valence-corrected chi connectivity index (χ4v) is 2.94. The number of nitrogens with one attached hydrogen (secondary N) is 1. The molecule has 0 spiro atoms. The lowest BCUT2D eigenvalue weighted by molar-refractivity contribution is -0.274. The molecule has 0 saturated heterocycles. The SMILES string of the molecule is Cn1c(C(=O)Nc2ccccc2OC(F)(F)F)c(Cl)c2ccccc21. The van der Waals surface area contributed by atoms with Gasteiger partial charge in [0.25, 0.3) is 5.91 Å². The van der Waals surface area contributed by atoms with Crippen molar-refractivity contribution in [1.29, 1.82) is 0 Å². The van der Waals surface area contributed by atoms with E-state index in [2.05, 4.69) is 10.1 Å². The fourth-order valence-electron chi connectivity index (χ4n) is 2.56. The number of fused-ring (bicyclic) bond motifs is 1. The Bertz CT molecular complexity index is 912. The lowest BCUT2D eigenvalue weighted by Gasteiger charge is -2.14. The Morgan fingerprint density at radius 3 is 2.44 bits per heavy atom. The topological polar surface area (TPSA) is 43.3 Å². The monoisotopic (exact) mass is 368 g/mol. The van der Waals surface area contributed by atoms with Crippen molar-refractivity contribution >= 4 is 34.1 Å². The molecule has 3 rings (SSSR count). The molecular weight excluding hydrogens is 357 g/mol. The molecule has 1 heterocycles. The van der Waals surface area contributed by atoms with Gasteiger partial charge in [0.05, 0.1) is 10.7 Å². The van der Waals surface area contributed by atoms with E-state index in [0.29, 0.717) is 5.39 Å². The second-order valence-electron chi connectivity index (χ2n) is 5.24. The van der Waals surface area contributed by atoms with Gasteiger partial charge in [-0.1, -0.05) is 41.9 Å². The van der Waals surface area contributed by atoms with Crippen molar-refractivity contribution in [2.24, 2.45) is 7.05 Å². The first-order chi connectivity index (χ1) is 11.8. The summed E-state index contributed by atoms with van der Waals surface area (Å²) in [6, 6.07) is 12.4. The number of carbonyl (C=O) groups excluding carboxylic acids is 1. The molecule has 3 aromatic rings. The van der Waals surface area contributed by atoms with Gasteiger partial charge in [-0.05, 0) is 18.2 Å². The van der Waals surface area contributed by atoms with E-state index in [0.717, 1.165) is 11.6 Å². The zero-order chi connectivity index (χ0) is 18.2. The molecule has 0 fully saturated rings. The number of nitrogens with zero attached hydrogens (tertiary/aromatic N) is 1. The molecule has 25 heavy (non-hydrogen) atoms. The second kappa shape index (κ2) is 6.33. The molecule has 0 aliphatic heterocycles. The maximum Gasteiger partial charge on any atom is 0.573 e. The zero-order valence-corrected chi connectivity index (χ0v) is 13.7. The zero-order valence-electron chi connectivity index (χ0n) is 12.9. The van der Waals surface area contributed by atoms with Gasteiger partial charge in [0.2, 0.25) is 0 Å². The number of amides is 1. The number of rotatable bonds is 3. The number of alkyl halides is 3. The van der Waals surface area contributed by atoms with Crippen molar-refractivity contribution in [3.63, 3.8) is 0 Å². The first kappa shape index (κ1) is 17.2. The van der Waals surface area contributed by atoms with Crippen LogP contribution in [0.5, 0.6) is 5.75 Å². The molecule has 2 aromatic carbocycles. The number of halogens is 4. The maximum atomic E-state index is 12.6. The molecule has 4 nitrogen and oxygen atoms in total. The van der Waals surface area contributed by atoms with Crippen molar-refractivity contribution in [3.8, 4) is 5.75 Å². The van der Waals surface area contributed by atoms with E-state index >= 15 is 0 Å². The summed E-state index contributed by atoms with van der Waals surface area (Å²) < 4.78 is 43.0. The number of aryl methyl sites for hydroxylation is 1. The van der Waals surface area contributed by atoms with E-state index in [9.17, 15) is 18.0 Å². The molecule has 130 valence electrons. The van der Waals surface area contributed by atoms with Crippen LogP contribution in [0.25, 0.3) is 10.9 Å². The first-order valence-corrected chi connectivity index (χ1v) is 7.55. The summed E-state index contributed by atoms with van der Waals surface area (Å²) in [6.45, 7) is 0. The van der Waals surface area contributed by atoms with Crippen LogP contribution in [0, 0.1) is 0 Å². The van der Waals surface area contributed by atoms with E-state index in [1.54, 1.807) is 35.9 Å². The average Bonchev–Trinajstić information content (AvgIpc) is 2.80. The molecule has 0 unspecified atom stereocenters. The molecule has 1 aromatic heterocycles. The molecule has 0 aliphatic carbocycles. The van der Waals surface area contributed by atoms with Gasteiger partial charge in [-0.25, -0.2) is 0 Å². The van der Waals surface area contributed by atoms with Crippen LogP contribution in [0.15, 0.2) is 48.5 Å². The molecule has 0 atom stereocenters. The van der Waals surface area contributed by atoms with Gasteiger partial charge in [-0.3, -0.25) is 4.79 Å². The van der Waals surface area contributed by atoms with Gasteiger partial charge in [0.15, 0.2) is 5.75 Å². The fraction of sp³-hybridized carbons (Fsp3) is 0.118. The van der Waals surface area contributed by atoms with Gasteiger partial charge < -0.3 is 14.6 Å². The van der Waals surface area contributed by atoms with E-state index < -0.39 is 18.0 Å². The third-order valence-corrected chi connectivity index (χ3v) is 4.00. The Kier molecular flexibility index (Phi) is 4.34. The average molecular weight is 369 g/mol. The van der Waals surface area contributed by atoms with E-state index in [1.807, 2.05) is 0 Å². The summed E-state index contributed by atoms with van der Waals surface area (Å²) in [5, 5.41) is 3.33. The summed E-state index contributed by atoms with van der Waals surface area (Å²) in [7, 11) is 1.65. The summed E-state index contributed by atoms with van der Waals surface area (Å²) in [5.41, 5.74) is 0.772. The third-order valence-electron chi connectivity index (χ3n) is 3.62. The van der Waals surface area contributed by atoms with Crippen LogP contribution in [0.1, 0.15) is 10.5 Å². The Labute approximate surface area is 145 Å². The Hall–Kier alpha value is -2.67. The highest BCUT2D eigenvalue weighted by molar-refractivity contribution is 6.39. The van der Waals surface area contributed by atoms with Crippen LogP contribution in [0.2, 0.25) is 5.02 Å². The van der Waals surface area contributed by atoms with Crippen LogP contribution in [0.4, 0.5) is 18.9 Å². The predicted octanol–water partition coefficient (Wildman–Crippen LogP) is 4.98. The number of benzene rings is 2. The lowest BCUT2D eigenvalue weighted by Crippen LogP contribution is -2.20. The number of hydrogen-bond acceptors (Lipinski definition) is 2. The minimum Gasteiger partial charge on any atom is -0.404 e. The summed E-state index contributed by atoms with van der Waals surface area (Å²) in [4.78, 5) is 12.6. The number of para-hydroxylation sites is 3. The van der Waals surface area contributed by atoms with Crippen molar-refractivity contribution in [3.05, 3.63) is 59.2 Å². The molecule has 1 N–H and O–H groups in total. The normalized spacial score (nSPS) is 11.6. The van der Waals surface area contributed by atoms with Gasteiger partial charge >= 0.3 is 6.36 Å². The Morgan fingerprint density at radius 1 is 1.12 bits per heavy atom. The minimum absolute atomic E-state index is 0.105. The highest BCUT2D eigenvalue weighted by Crippen LogP contribution is 2.33. The second-order valence-corrected chi connectivity index (χ2v) is 5.61. The first-order valence-electron chi connectivity index (χ1n) is 7.17. The minimum atomic E-state index is -4.86. The van der Waals surface area contributed by atoms with Gasteiger partial charge in [-0.15, -0.1) is 13.2 Å². The standard InChI is InChI=1S/C17H12ClF3N2O2/c1-23-12-8-4-2-6-10(12)14(18)15(23)16(24)22-11-7-3-5-9-13(11)25-17(19,20)21/h2-9H,1H3,(H,22,24). The summed E-state index contributed by atoms with van der Waals surface area (Å²) in [6.07, 6.45) is -4.86. The van der Waals surface area contributed by atoms with Crippen molar-refractivity contribution in [2.75, 3.05) is 5.32 Å². The van der Waals surface area contributed by atoms with Crippen molar-refractivity contribution < 1.29 is 22.7 Å². The third kappa shape index (κ3) is 3.41. The molecule has 0 saturated carbocycles. The van der Waals surface area contributed by atoms with Crippen LogP contribution in [-0.4, -0.2) is 16.8 Å². The predicted molar refractivity (Wildman–Crippen MR) is 89.0 cm³/mol. The van der Waals surface area contributed by atoms with Gasteiger partial charge in [-0.2, -0.15) is 0 Å². The van der Waals surface area contributed by atoms with E-state index in [-0.39, 0.29) is 16.4 Å². The number of carbonyl (C=O) groups is 1. The largest absolute Gasteiger partial charge is 0.573 e. The Balaban J connectivity index is 1.97. The van der Waals surface area contributed by atoms with Crippen LogP contribution >= 0.6 is 11.6 Å². The molecular formula is C17H12ClF3N2O2. The summed E-state index contributed by atoms with van der Waals surface area (Å²) in [5.74, 6) is -1.14. The van der Waals surface area contributed by atoms with Gasteiger partial charge in [0.1, 0.15) is 5.69 Å². The molecule has 0 radical (unpaired) electrons. The molecule has 0 aliphatic rings. The lowest BCUT2D eigenvalue weighted by atomic mass is 10.2. The smallest absolute Gasteiger partial charge is 0.404 e. The highest BCUT2D eigenvalue weighted by Gasteiger charge is 2.32. The highest BCUT2D eigenvalue weighted by atomic mass is 35.5. The molecule has 1 amide bonds. The number of aromatic nitrogens is 1. The van der Waals surface area contributed by atoms with Crippen molar-refractivity contribution in [2.45, 2.75) is 6.36 Å². The van der Waals surface area contributed by atoms with E-state index in [4.69, 9.17) is 11.6 Å². The van der Waals surface area contributed by atoms with Crippen molar-refractivity contribution in [1.82, 2.24) is 4.57 Å². The summed E-state index contributed by atoms with van der Waals surface area (Å²) >= 11 is 6.28. The Morgan fingerprint density at radius 2 is 1.76 bits per heavy atom. The van der Waals surface area contributed by atoms with E-state index in [1.165, 1.54) is 18.2 Å². The number of anilines is 1. The maximum absolute atomic E-state index is 12.6. The van der Waals surface area contributed by atoms with Crippen LogP contribution in [0.3, 0.4) is 0 Å². The number of hydrogen-bond donors (Lipinski definition) is 1. The molecule has 8 heteroatoms.